The molecule has 2 aromatic heterocycles. The van der Waals surface area contributed by atoms with Gasteiger partial charge in [-0.1, -0.05) is 36.4 Å². The number of hydrogen-bond donors (Lipinski definition) is 2. The second-order valence-corrected chi connectivity index (χ2v) is 10.3. The van der Waals surface area contributed by atoms with Crippen molar-refractivity contribution in [3.8, 4) is 5.75 Å². The van der Waals surface area contributed by atoms with Crippen LogP contribution in [0.1, 0.15) is 16.7 Å². The van der Waals surface area contributed by atoms with E-state index in [1.54, 1.807) is 54.2 Å². The van der Waals surface area contributed by atoms with Gasteiger partial charge in [-0.3, -0.25) is 14.5 Å². The van der Waals surface area contributed by atoms with E-state index in [0.29, 0.717) is 18.8 Å². The van der Waals surface area contributed by atoms with Crippen LogP contribution in [0.3, 0.4) is 0 Å². The van der Waals surface area contributed by atoms with Gasteiger partial charge in [0.2, 0.25) is 5.91 Å². The summed E-state index contributed by atoms with van der Waals surface area (Å²) >= 11 is 1.15. The molecule has 0 saturated heterocycles. The number of carbonyl (C=O) groups is 1. The van der Waals surface area contributed by atoms with Crippen molar-refractivity contribution in [2.24, 2.45) is 0 Å². The molecule has 4 rings (SSSR count). The number of anilines is 1. The Hall–Kier alpha value is -3.69. The van der Waals surface area contributed by atoms with E-state index < -0.39 is 10.0 Å². The smallest absolute Gasteiger partial charge is 0.271 e. The second-order valence-electron chi connectivity index (χ2n) is 7.48. The molecule has 174 valence electrons. The van der Waals surface area contributed by atoms with Crippen molar-refractivity contribution in [2.45, 2.75) is 23.8 Å². The van der Waals surface area contributed by atoms with Crippen LogP contribution in [-0.4, -0.2) is 19.3 Å². The van der Waals surface area contributed by atoms with Gasteiger partial charge in [-0.15, -0.1) is 11.3 Å². The van der Waals surface area contributed by atoms with Crippen LogP contribution in [0.2, 0.25) is 0 Å². The van der Waals surface area contributed by atoms with Crippen molar-refractivity contribution in [2.75, 3.05) is 4.72 Å². The highest BCUT2D eigenvalue weighted by atomic mass is 32.2. The van der Waals surface area contributed by atoms with Gasteiger partial charge in [0.25, 0.3) is 10.0 Å². The van der Waals surface area contributed by atoms with E-state index in [4.69, 9.17) is 4.74 Å². The zero-order chi connectivity index (χ0) is 23.8. The van der Waals surface area contributed by atoms with Crippen LogP contribution in [0.15, 0.2) is 94.8 Å². The molecule has 0 aliphatic rings. The van der Waals surface area contributed by atoms with Gasteiger partial charge in [0.05, 0.1) is 6.42 Å². The van der Waals surface area contributed by atoms with E-state index >= 15 is 0 Å². The average molecular weight is 494 g/mol. The topological polar surface area (TPSA) is 97.4 Å². The second kappa shape index (κ2) is 11.0. The van der Waals surface area contributed by atoms with Gasteiger partial charge in [0.1, 0.15) is 16.6 Å². The Morgan fingerprint density at radius 3 is 2.35 bits per heavy atom. The SMILES string of the molecule is O=C(Cc1ccc(NS(=O)(=O)c2cccs2)cc1)NCc1ccc(OCc2cccnc2)cc1. The number of nitrogens with zero attached hydrogens (tertiary/aromatic N) is 1. The average Bonchev–Trinajstić information content (AvgIpc) is 3.40. The number of pyridine rings is 1. The fraction of sp³-hybridized carbons (Fsp3) is 0.120. The maximum Gasteiger partial charge on any atom is 0.271 e. The molecular weight excluding hydrogens is 470 g/mol. The number of ether oxygens (including phenoxy) is 1. The molecule has 2 N–H and O–H groups in total. The van der Waals surface area contributed by atoms with Crippen molar-refractivity contribution in [1.29, 1.82) is 0 Å². The highest BCUT2D eigenvalue weighted by molar-refractivity contribution is 7.94. The summed E-state index contributed by atoms with van der Waals surface area (Å²) in [5.74, 6) is 0.623. The largest absolute Gasteiger partial charge is 0.489 e. The summed E-state index contributed by atoms with van der Waals surface area (Å²) in [5.41, 5.74) is 3.19. The van der Waals surface area contributed by atoms with Crippen LogP contribution in [-0.2, 0) is 34.4 Å². The highest BCUT2D eigenvalue weighted by Gasteiger charge is 2.15. The van der Waals surface area contributed by atoms with Gasteiger partial charge in [-0.25, -0.2) is 8.42 Å². The van der Waals surface area contributed by atoms with Crippen LogP contribution in [0.5, 0.6) is 5.75 Å². The van der Waals surface area contributed by atoms with E-state index in [2.05, 4.69) is 15.0 Å². The molecule has 1 amide bonds. The van der Waals surface area contributed by atoms with E-state index in [1.165, 1.54) is 0 Å². The monoisotopic (exact) mass is 493 g/mol. The minimum Gasteiger partial charge on any atom is -0.489 e. The lowest BCUT2D eigenvalue weighted by molar-refractivity contribution is -0.120. The molecule has 9 heteroatoms. The van der Waals surface area contributed by atoms with Crippen LogP contribution in [0, 0.1) is 0 Å². The molecule has 2 aromatic carbocycles. The third-order valence-corrected chi connectivity index (χ3v) is 7.65. The quantitative estimate of drug-likeness (QED) is 0.342. The first-order valence-corrected chi connectivity index (χ1v) is 12.9. The molecule has 7 nitrogen and oxygen atoms in total. The molecular formula is C25H23N3O4S2. The Bertz CT molecular complexity index is 1310. The van der Waals surface area contributed by atoms with Gasteiger partial charge < -0.3 is 10.1 Å². The summed E-state index contributed by atoms with van der Waals surface area (Å²) in [6.45, 7) is 0.846. The molecule has 0 saturated carbocycles. The lowest BCUT2D eigenvalue weighted by Gasteiger charge is -2.09. The van der Waals surface area contributed by atoms with E-state index in [0.717, 1.165) is 33.8 Å². The van der Waals surface area contributed by atoms with Gasteiger partial charge in [-0.05, 0) is 52.9 Å². The Morgan fingerprint density at radius 2 is 1.68 bits per heavy atom. The summed E-state index contributed by atoms with van der Waals surface area (Å²) < 4.78 is 33.1. The Balaban J connectivity index is 1.23. The number of aromatic nitrogens is 1. The first kappa shape index (κ1) is 23.5. The molecule has 0 radical (unpaired) electrons. The lowest BCUT2D eigenvalue weighted by atomic mass is 10.1. The fourth-order valence-electron chi connectivity index (χ4n) is 3.11. The summed E-state index contributed by atoms with van der Waals surface area (Å²) in [6.07, 6.45) is 3.68. The molecule has 0 fully saturated rings. The number of amides is 1. The zero-order valence-electron chi connectivity index (χ0n) is 18.2. The van der Waals surface area contributed by atoms with Crippen molar-refractivity contribution in [1.82, 2.24) is 10.3 Å². The van der Waals surface area contributed by atoms with Crippen LogP contribution >= 0.6 is 11.3 Å². The first-order valence-electron chi connectivity index (χ1n) is 10.5. The van der Waals surface area contributed by atoms with E-state index in [1.807, 2.05) is 36.4 Å². The first-order chi connectivity index (χ1) is 16.5. The van der Waals surface area contributed by atoms with Gasteiger partial charge in [0, 0.05) is 30.2 Å². The number of sulfonamides is 1. The zero-order valence-corrected chi connectivity index (χ0v) is 19.8. The summed E-state index contributed by atoms with van der Waals surface area (Å²) in [6, 6.07) is 21.4. The highest BCUT2D eigenvalue weighted by Crippen LogP contribution is 2.20. The normalized spacial score (nSPS) is 11.1. The Morgan fingerprint density at radius 1 is 0.912 bits per heavy atom. The summed E-state index contributed by atoms with van der Waals surface area (Å²) in [7, 11) is -3.59. The van der Waals surface area contributed by atoms with Crippen LogP contribution in [0.25, 0.3) is 0 Å². The van der Waals surface area contributed by atoms with Crippen molar-refractivity contribution in [3.63, 3.8) is 0 Å². The Labute approximate surface area is 202 Å². The van der Waals surface area contributed by atoms with Gasteiger partial charge in [0.15, 0.2) is 0 Å². The minimum absolute atomic E-state index is 0.121. The maximum atomic E-state index is 12.3. The lowest BCUT2D eigenvalue weighted by Crippen LogP contribution is -2.24. The van der Waals surface area contributed by atoms with E-state index in [9.17, 15) is 13.2 Å². The van der Waals surface area contributed by atoms with Gasteiger partial charge >= 0.3 is 0 Å². The molecule has 0 bridgehead atoms. The molecule has 0 aliphatic heterocycles. The predicted octanol–water partition coefficient (Wildman–Crippen LogP) is 4.38. The van der Waals surface area contributed by atoms with Crippen molar-refractivity contribution < 1.29 is 17.9 Å². The Kier molecular flexibility index (Phi) is 7.56. The number of thiophene rings is 1. The number of hydrogen-bond acceptors (Lipinski definition) is 6. The number of benzene rings is 2. The number of nitrogens with one attached hydrogen (secondary N) is 2. The molecule has 0 aliphatic carbocycles. The van der Waals surface area contributed by atoms with Crippen molar-refractivity contribution >= 4 is 33.0 Å². The van der Waals surface area contributed by atoms with Crippen LogP contribution < -0.4 is 14.8 Å². The number of rotatable bonds is 10. The molecule has 0 atom stereocenters. The third-order valence-electron chi connectivity index (χ3n) is 4.87. The predicted molar refractivity (Wildman–Crippen MR) is 132 cm³/mol. The fourth-order valence-corrected chi connectivity index (χ4v) is 5.17. The van der Waals surface area contributed by atoms with Crippen molar-refractivity contribution in [3.05, 3.63) is 107 Å². The summed E-state index contributed by atoms with van der Waals surface area (Å²) in [4.78, 5) is 16.4. The summed E-state index contributed by atoms with van der Waals surface area (Å²) in [5, 5.41) is 4.61. The molecule has 4 aromatic rings. The standard InChI is InChI=1S/C25H23N3O4S2/c29-24(15-19-5-9-22(10-6-19)28-34(30,31)25-4-2-14-33-25)27-17-20-7-11-23(12-8-20)32-18-21-3-1-13-26-16-21/h1-14,16,28H,15,17-18H2,(H,27,29). The van der Waals surface area contributed by atoms with Gasteiger partial charge in [-0.2, -0.15) is 0 Å². The van der Waals surface area contributed by atoms with E-state index in [-0.39, 0.29) is 16.5 Å². The van der Waals surface area contributed by atoms with Crippen LogP contribution in [0.4, 0.5) is 5.69 Å². The molecule has 34 heavy (non-hydrogen) atoms. The maximum absolute atomic E-state index is 12.3. The minimum atomic E-state index is -3.59. The molecule has 0 unspecified atom stereocenters. The molecule has 2 heterocycles. The number of carbonyl (C=O) groups excluding carboxylic acids is 1. The molecule has 0 spiro atoms. The third kappa shape index (κ3) is 6.66.